The largest absolute Gasteiger partial charge is 0.311 e. The minimum absolute atomic E-state index is 1.16. The molecule has 1 aromatic heterocycles. The van der Waals surface area contributed by atoms with Gasteiger partial charge >= 0.3 is 0 Å². The van der Waals surface area contributed by atoms with Crippen LogP contribution < -0.4 is 4.90 Å². The van der Waals surface area contributed by atoms with Crippen LogP contribution >= 0.6 is 56.5 Å². The van der Waals surface area contributed by atoms with Crippen molar-refractivity contribution in [1.82, 2.24) is 0 Å². The molecular formula is C22H15I2NS. The Kier molecular flexibility index (Phi) is 5.61. The van der Waals surface area contributed by atoms with Gasteiger partial charge < -0.3 is 4.90 Å². The van der Waals surface area contributed by atoms with Gasteiger partial charge in [-0.25, -0.2) is 0 Å². The highest BCUT2D eigenvalue weighted by Crippen LogP contribution is 2.36. The average Bonchev–Trinajstić information content (AvgIpc) is 3.20. The number of rotatable bonds is 4. The summed E-state index contributed by atoms with van der Waals surface area (Å²) in [5, 5.41) is 2.12. The Morgan fingerprint density at radius 2 is 1.04 bits per heavy atom. The molecule has 0 N–H and O–H groups in total. The normalized spacial score (nSPS) is 10.7. The fourth-order valence-electron chi connectivity index (χ4n) is 2.85. The van der Waals surface area contributed by atoms with Crippen molar-refractivity contribution in [3.8, 4) is 10.4 Å². The van der Waals surface area contributed by atoms with Crippen LogP contribution in [0.2, 0.25) is 0 Å². The van der Waals surface area contributed by atoms with Crippen LogP contribution in [0, 0.1) is 7.14 Å². The van der Waals surface area contributed by atoms with E-state index in [9.17, 15) is 0 Å². The molecule has 26 heavy (non-hydrogen) atoms. The molecule has 0 bridgehead atoms. The molecule has 1 heterocycles. The standard InChI is InChI=1S/C22H15I2NS/c23-17-5-11-20(12-6-17)25(21-13-7-18(24)8-14-21)19-9-3-16(4-10-19)22-2-1-15-26-22/h1-15H. The van der Waals surface area contributed by atoms with E-state index < -0.39 is 0 Å². The molecular weight excluding hydrogens is 564 g/mol. The second-order valence-corrected chi connectivity index (χ2v) is 9.25. The number of hydrogen-bond acceptors (Lipinski definition) is 2. The topological polar surface area (TPSA) is 3.24 Å². The summed E-state index contributed by atoms with van der Waals surface area (Å²) in [4.78, 5) is 3.59. The molecule has 0 spiro atoms. The van der Waals surface area contributed by atoms with E-state index in [0.29, 0.717) is 0 Å². The van der Waals surface area contributed by atoms with E-state index in [4.69, 9.17) is 0 Å². The molecule has 0 atom stereocenters. The minimum atomic E-state index is 1.16. The van der Waals surface area contributed by atoms with Crippen LogP contribution in [0.15, 0.2) is 90.3 Å². The number of hydrogen-bond donors (Lipinski definition) is 0. The lowest BCUT2D eigenvalue weighted by molar-refractivity contribution is 1.28. The van der Waals surface area contributed by atoms with Gasteiger partial charge in [0, 0.05) is 29.1 Å². The van der Waals surface area contributed by atoms with Crippen molar-refractivity contribution < 1.29 is 0 Å². The summed E-state index contributed by atoms with van der Waals surface area (Å²) >= 11 is 6.46. The van der Waals surface area contributed by atoms with E-state index in [0.717, 1.165) is 17.1 Å². The highest BCUT2D eigenvalue weighted by Gasteiger charge is 2.12. The Hall–Kier alpha value is -1.38. The van der Waals surface area contributed by atoms with Gasteiger partial charge in [0.05, 0.1) is 0 Å². The van der Waals surface area contributed by atoms with Crippen LogP contribution in [0.5, 0.6) is 0 Å². The third kappa shape index (κ3) is 3.97. The first-order chi connectivity index (χ1) is 12.7. The molecule has 0 aliphatic rings. The zero-order chi connectivity index (χ0) is 17.9. The third-order valence-corrected chi connectivity index (χ3v) is 6.46. The van der Waals surface area contributed by atoms with Crippen LogP contribution in [0.1, 0.15) is 0 Å². The Balaban J connectivity index is 1.77. The van der Waals surface area contributed by atoms with Crippen molar-refractivity contribution in [2.24, 2.45) is 0 Å². The summed E-state index contributed by atoms with van der Waals surface area (Å²) in [5.41, 5.74) is 4.74. The molecule has 0 aliphatic carbocycles. The van der Waals surface area contributed by atoms with Crippen molar-refractivity contribution >= 4 is 73.6 Å². The van der Waals surface area contributed by atoms with Gasteiger partial charge in [-0.1, -0.05) is 18.2 Å². The van der Waals surface area contributed by atoms with Crippen LogP contribution in [-0.2, 0) is 0 Å². The van der Waals surface area contributed by atoms with Gasteiger partial charge in [0.2, 0.25) is 0 Å². The summed E-state index contributed by atoms with van der Waals surface area (Å²) < 4.78 is 2.48. The first kappa shape index (κ1) is 18.0. The maximum absolute atomic E-state index is 2.35. The molecule has 0 radical (unpaired) electrons. The molecule has 128 valence electrons. The quantitative estimate of drug-likeness (QED) is 0.221. The van der Waals surface area contributed by atoms with E-state index >= 15 is 0 Å². The molecule has 4 heteroatoms. The molecule has 4 rings (SSSR count). The number of anilines is 3. The SMILES string of the molecule is Ic1ccc(N(c2ccc(I)cc2)c2ccc(-c3cccs3)cc2)cc1. The lowest BCUT2D eigenvalue weighted by atomic mass is 10.1. The Labute approximate surface area is 185 Å². The minimum Gasteiger partial charge on any atom is -0.311 e. The Morgan fingerprint density at radius 3 is 1.46 bits per heavy atom. The summed E-state index contributed by atoms with van der Waals surface area (Å²) in [6.45, 7) is 0. The molecule has 0 fully saturated rings. The average molecular weight is 579 g/mol. The monoisotopic (exact) mass is 579 g/mol. The first-order valence-corrected chi connectivity index (χ1v) is 11.2. The van der Waals surface area contributed by atoms with Crippen molar-refractivity contribution in [2.45, 2.75) is 0 Å². The summed E-state index contributed by atoms with van der Waals surface area (Å²) in [6.07, 6.45) is 0. The summed E-state index contributed by atoms with van der Waals surface area (Å²) in [6, 6.07) is 30.3. The van der Waals surface area contributed by atoms with Crippen molar-refractivity contribution in [1.29, 1.82) is 0 Å². The summed E-state index contributed by atoms with van der Waals surface area (Å²) in [5.74, 6) is 0. The van der Waals surface area contributed by atoms with Gasteiger partial charge in [-0.05, 0) is 123 Å². The maximum atomic E-state index is 2.35. The Bertz CT molecular complexity index is 931. The number of halogens is 2. The molecule has 1 nitrogen and oxygen atoms in total. The molecule has 0 unspecified atom stereocenters. The van der Waals surface area contributed by atoms with Crippen molar-refractivity contribution in [3.05, 3.63) is 97.4 Å². The highest BCUT2D eigenvalue weighted by molar-refractivity contribution is 14.1. The maximum Gasteiger partial charge on any atom is 0.0462 e. The molecule has 0 saturated heterocycles. The predicted molar refractivity (Wildman–Crippen MR) is 130 cm³/mol. The van der Waals surface area contributed by atoms with Gasteiger partial charge in [-0.15, -0.1) is 11.3 Å². The molecule has 0 aliphatic heterocycles. The van der Waals surface area contributed by atoms with Gasteiger partial charge in [-0.3, -0.25) is 0 Å². The molecule has 0 saturated carbocycles. The molecule has 4 aromatic rings. The van der Waals surface area contributed by atoms with Crippen LogP contribution in [-0.4, -0.2) is 0 Å². The van der Waals surface area contributed by atoms with Gasteiger partial charge in [-0.2, -0.15) is 0 Å². The molecule has 0 amide bonds. The van der Waals surface area contributed by atoms with E-state index in [1.165, 1.54) is 17.6 Å². The number of benzene rings is 3. The van der Waals surface area contributed by atoms with Gasteiger partial charge in [0.25, 0.3) is 0 Å². The molecule has 3 aromatic carbocycles. The second-order valence-electron chi connectivity index (χ2n) is 5.81. The van der Waals surface area contributed by atoms with E-state index in [-0.39, 0.29) is 0 Å². The Morgan fingerprint density at radius 1 is 0.577 bits per heavy atom. The van der Waals surface area contributed by atoms with Crippen LogP contribution in [0.4, 0.5) is 17.1 Å². The summed E-state index contributed by atoms with van der Waals surface area (Å²) in [7, 11) is 0. The predicted octanol–water partition coefficient (Wildman–Crippen LogP) is 8.09. The van der Waals surface area contributed by atoms with Crippen LogP contribution in [0.25, 0.3) is 10.4 Å². The highest BCUT2D eigenvalue weighted by atomic mass is 127. The number of nitrogens with zero attached hydrogens (tertiary/aromatic N) is 1. The number of thiophene rings is 1. The third-order valence-electron chi connectivity index (χ3n) is 4.10. The van der Waals surface area contributed by atoms with E-state index in [1.807, 2.05) is 0 Å². The van der Waals surface area contributed by atoms with Gasteiger partial charge in [0.15, 0.2) is 0 Å². The van der Waals surface area contributed by atoms with E-state index in [2.05, 4.69) is 140 Å². The fraction of sp³-hybridized carbons (Fsp3) is 0. The van der Waals surface area contributed by atoms with E-state index in [1.54, 1.807) is 11.3 Å². The van der Waals surface area contributed by atoms with Crippen LogP contribution in [0.3, 0.4) is 0 Å². The lowest BCUT2D eigenvalue weighted by Gasteiger charge is -2.25. The van der Waals surface area contributed by atoms with Gasteiger partial charge in [0.1, 0.15) is 0 Å². The lowest BCUT2D eigenvalue weighted by Crippen LogP contribution is -2.09. The first-order valence-electron chi connectivity index (χ1n) is 8.16. The van der Waals surface area contributed by atoms with Crippen molar-refractivity contribution in [2.75, 3.05) is 4.90 Å². The zero-order valence-electron chi connectivity index (χ0n) is 13.8. The fourth-order valence-corrected chi connectivity index (χ4v) is 4.30. The smallest absolute Gasteiger partial charge is 0.0462 e. The second kappa shape index (κ2) is 8.10. The zero-order valence-corrected chi connectivity index (χ0v) is 18.9. The van der Waals surface area contributed by atoms with Crippen molar-refractivity contribution in [3.63, 3.8) is 0 Å².